The number of hydrogen-bond acceptors (Lipinski definition) is 1. The highest BCUT2D eigenvalue weighted by Gasteiger charge is 2.57. The zero-order valence-electron chi connectivity index (χ0n) is 26.3. The van der Waals surface area contributed by atoms with Gasteiger partial charge in [0.1, 0.15) is 0 Å². The first-order valence-corrected chi connectivity index (χ1v) is 17.4. The van der Waals surface area contributed by atoms with Crippen molar-refractivity contribution in [3.63, 3.8) is 0 Å². The summed E-state index contributed by atoms with van der Waals surface area (Å²) in [4.78, 5) is 2.55. The molecule has 10 rings (SSSR count). The Labute approximate surface area is 272 Å². The SMILES string of the molecule is c1ccc(-c2cccc(N(c3ccc4ccccc4c3)c3cccc4c3-c3ccccc3C43CC4CCC5CC4C[C@H]3C5)c2)cc1. The van der Waals surface area contributed by atoms with E-state index in [0.29, 0.717) is 0 Å². The topological polar surface area (TPSA) is 3.24 Å². The van der Waals surface area contributed by atoms with Crippen LogP contribution < -0.4 is 4.90 Å². The molecule has 0 radical (unpaired) electrons. The molecule has 0 saturated heterocycles. The zero-order valence-corrected chi connectivity index (χ0v) is 26.3. The summed E-state index contributed by atoms with van der Waals surface area (Å²) < 4.78 is 0. The largest absolute Gasteiger partial charge is 0.310 e. The molecule has 0 aromatic heterocycles. The molecule has 0 N–H and O–H groups in total. The van der Waals surface area contributed by atoms with Gasteiger partial charge in [0.05, 0.1) is 5.69 Å². The van der Waals surface area contributed by atoms with Crippen LogP contribution in [0.3, 0.4) is 0 Å². The maximum absolute atomic E-state index is 2.55. The van der Waals surface area contributed by atoms with Gasteiger partial charge in [-0.05, 0) is 125 Å². The van der Waals surface area contributed by atoms with Gasteiger partial charge in [0.2, 0.25) is 0 Å². The van der Waals surface area contributed by atoms with E-state index in [4.69, 9.17) is 0 Å². The number of rotatable bonds is 4. The quantitative estimate of drug-likeness (QED) is 0.196. The molecule has 3 saturated carbocycles. The van der Waals surface area contributed by atoms with Gasteiger partial charge in [0.25, 0.3) is 0 Å². The smallest absolute Gasteiger partial charge is 0.0543 e. The third-order valence-corrected chi connectivity index (χ3v) is 12.4. The highest BCUT2D eigenvalue weighted by molar-refractivity contribution is 5.97. The Bertz CT molecular complexity index is 2110. The molecular weight excluding hydrogens is 555 g/mol. The van der Waals surface area contributed by atoms with Crippen LogP contribution in [0.5, 0.6) is 0 Å². The summed E-state index contributed by atoms with van der Waals surface area (Å²) in [5.41, 5.74) is 12.4. The monoisotopic (exact) mass is 593 g/mol. The summed E-state index contributed by atoms with van der Waals surface area (Å²) in [5, 5.41) is 2.54. The summed E-state index contributed by atoms with van der Waals surface area (Å²) in [6.07, 6.45) is 8.49. The first kappa shape index (κ1) is 26.6. The molecule has 0 aliphatic heterocycles. The maximum atomic E-state index is 2.55. The second kappa shape index (κ2) is 10.2. The molecule has 1 spiro atoms. The fourth-order valence-electron chi connectivity index (χ4n) is 10.5. The lowest BCUT2D eigenvalue weighted by Gasteiger charge is -2.57. The van der Waals surface area contributed by atoms with E-state index in [-0.39, 0.29) is 5.41 Å². The molecular formula is C45H39N. The van der Waals surface area contributed by atoms with Gasteiger partial charge in [-0.1, -0.05) is 116 Å². The predicted octanol–water partition coefficient (Wildman–Crippen LogP) is 12.1. The van der Waals surface area contributed by atoms with E-state index in [2.05, 4.69) is 144 Å². The van der Waals surface area contributed by atoms with Gasteiger partial charge < -0.3 is 4.90 Å². The first-order chi connectivity index (χ1) is 22.8. The molecule has 4 aliphatic rings. The molecule has 224 valence electrons. The summed E-state index contributed by atoms with van der Waals surface area (Å²) in [5.74, 6) is 3.46. The van der Waals surface area contributed by atoms with Crippen LogP contribution in [0.1, 0.15) is 49.7 Å². The van der Waals surface area contributed by atoms with E-state index in [1.54, 1.807) is 11.1 Å². The first-order valence-electron chi connectivity index (χ1n) is 17.4. The van der Waals surface area contributed by atoms with Crippen molar-refractivity contribution in [1.29, 1.82) is 0 Å². The molecule has 3 fully saturated rings. The van der Waals surface area contributed by atoms with Gasteiger partial charge >= 0.3 is 0 Å². The Morgan fingerprint density at radius 2 is 1.28 bits per heavy atom. The van der Waals surface area contributed by atoms with Crippen molar-refractivity contribution in [2.75, 3.05) is 4.90 Å². The zero-order chi connectivity index (χ0) is 30.2. The molecule has 4 aliphatic carbocycles. The summed E-state index contributed by atoms with van der Waals surface area (Å²) in [6, 6.07) is 52.5. The number of anilines is 3. The number of fused-ring (bicyclic) bond motifs is 9. The minimum absolute atomic E-state index is 0.128. The second-order valence-electron chi connectivity index (χ2n) is 14.6. The van der Waals surface area contributed by atoms with E-state index in [1.807, 2.05) is 0 Å². The van der Waals surface area contributed by atoms with Crippen LogP contribution in [0.15, 0.2) is 140 Å². The van der Waals surface area contributed by atoms with E-state index < -0.39 is 0 Å². The van der Waals surface area contributed by atoms with Crippen LogP contribution in [0, 0.1) is 23.7 Å². The maximum Gasteiger partial charge on any atom is 0.0543 e. The molecule has 5 atom stereocenters. The summed E-state index contributed by atoms with van der Waals surface area (Å²) in [7, 11) is 0. The Morgan fingerprint density at radius 1 is 0.522 bits per heavy atom. The predicted molar refractivity (Wildman–Crippen MR) is 192 cm³/mol. The third kappa shape index (κ3) is 3.87. The molecule has 1 heteroatoms. The summed E-state index contributed by atoms with van der Waals surface area (Å²) >= 11 is 0. The number of hydrogen-bond donors (Lipinski definition) is 0. The lowest BCUT2D eigenvalue weighted by molar-refractivity contribution is -0.0103. The molecule has 6 aromatic rings. The van der Waals surface area contributed by atoms with E-state index in [9.17, 15) is 0 Å². The fourth-order valence-corrected chi connectivity index (χ4v) is 10.5. The van der Waals surface area contributed by atoms with Crippen molar-refractivity contribution in [2.45, 2.75) is 43.9 Å². The molecule has 6 aromatic carbocycles. The lowest BCUT2D eigenvalue weighted by Crippen LogP contribution is -2.50. The van der Waals surface area contributed by atoms with Crippen molar-refractivity contribution in [3.05, 3.63) is 151 Å². The molecule has 0 amide bonds. The van der Waals surface area contributed by atoms with Crippen molar-refractivity contribution in [1.82, 2.24) is 0 Å². The number of benzene rings is 6. The van der Waals surface area contributed by atoms with Gasteiger partial charge in [-0.2, -0.15) is 0 Å². The van der Waals surface area contributed by atoms with Crippen LogP contribution >= 0.6 is 0 Å². The van der Waals surface area contributed by atoms with Gasteiger partial charge in [-0.3, -0.25) is 0 Å². The van der Waals surface area contributed by atoms with E-state index in [0.717, 1.165) is 23.7 Å². The molecule has 1 nitrogen and oxygen atoms in total. The van der Waals surface area contributed by atoms with Crippen molar-refractivity contribution >= 4 is 27.8 Å². The Balaban J connectivity index is 1.22. The minimum Gasteiger partial charge on any atom is -0.310 e. The molecule has 46 heavy (non-hydrogen) atoms. The van der Waals surface area contributed by atoms with E-state index >= 15 is 0 Å². The minimum atomic E-state index is 0.128. The van der Waals surface area contributed by atoms with Crippen LogP contribution in [-0.2, 0) is 5.41 Å². The van der Waals surface area contributed by atoms with Gasteiger partial charge in [-0.15, -0.1) is 0 Å². The molecule has 3 bridgehead atoms. The standard InChI is InChI=1S/C45H39N/c1-2-10-31(11-3-1)34-14-8-15-38(27-34)46(39-23-22-32-12-4-5-13-33(32)28-39)43-19-9-18-42-44(43)40-16-6-7-17-41(40)45(42)29-35-21-20-30-24-36(35)26-37(45)25-30/h1-19,22-23,27-28,30,35-37H,20-21,24-26,29H2/t30?,35?,36?,37-,45?/m1/s1. The Kier molecular flexibility index (Phi) is 5.89. The molecule has 4 unspecified atom stereocenters. The highest BCUT2D eigenvalue weighted by Crippen LogP contribution is 2.67. The lowest BCUT2D eigenvalue weighted by atomic mass is 9.47. The molecule has 0 heterocycles. The average molecular weight is 594 g/mol. The normalized spacial score (nSPS) is 25.4. The van der Waals surface area contributed by atoms with E-state index in [1.165, 1.54) is 88.6 Å². The average Bonchev–Trinajstić information content (AvgIpc) is 3.40. The second-order valence-corrected chi connectivity index (χ2v) is 14.6. The highest BCUT2D eigenvalue weighted by atomic mass is 15.1. The van der Waals surface area contributed by atoms with Gasteiger partial charge in [0, 0.05) is 22.4 Å². The van der Waals surface area contributed by atoms with Gasteiger partial charge in [-0.25, -0.2) is 0 Å². The number of nitrogens with zero attached hydrogens (tertiary/aromatic N) is 1. The van der Waals surface area contributed by atoms with Crippen molar-refractivity contribution in [3.8, 4) is 22.3 Å². The Morgan fingerprint density at radius 3 is 2.22 bits per heavy atom. The van der Waals surface area contributed by atoms with Crippen molar-refractivity contribution in [2.24, 2.45) is 23.7 Å². The van der Waals surface area contributed by atoms with Crippen LogP contribution in [-0.4, -0.2) is 0 Å². The Hall–Kier alpha value is -4.62. The van der Waals surface area contributed by atoms with Crippen LogP contribution in [0.2, 0.25) is 0 Å². The van der Waals surface area contributed by atoms with Crippen LogP contribution in [0.25, 0.3) is 33.0 Å². The van der Waals surface area contributed by atoms with Gasteiger partial charge in [0.15, 0.2) is 0 Å². The summed E-state index contributed by atoms with van der Waals surface area (Å²) in [6.45, 7) is 0. The fraction of sp³-hybridized carbons (Fsp3) is 0.244. The third-order valence-electron chi connectivity index (χ3n) is 12.4. The van der Waals surface area contributed by atoms with Crippen molar-refractivity contribution < 1.29 is 0 Å². The van der Waals surface area contributed by atoms with Crippen LogP contribution in [0.4, 0.5) is 17.1 Å².